The maximum absolute atomic E-state index is 13.5. The molecule has 0 saturated carbocycles. The molecule has 2 nitrogen and oxygen atoms in total. The molecule has 1 aliphatic rings. The highest BCUT2D eigenvalue weighted by molar-refractivity contribution is 5.27. The van der Waals surface area contributed by atoms with Crippen LogP contribution in [0.1, 0.15) is 32.3 Å². The largest absolute Gasteiger partial charge is 0.319 e. The molecule has 0 unspecified atom stereocenters. The highest BCUT2D eigenvalue weighted by Crippen LogP contribution is 2.35. The normalized spacial score (nSPS) is 19.8. The first kappa shape index (κ1) is 14.5. The Morgan fingerprint density at radius 1 is 1.32 bits per heavy atom. The SMILES string of the molecule is CNCC1(c2cccc(F)c2)CCN(C(C)C)CC1. The minimum absolute atomic E-state index is 0.0856. The molecule has 0 spiro atoms. The van der Waals surface area contributed by atoms with Gasteiger partial charge in [0.2, 0.25) is 0 Å². The number of likely N-dealkylation sites (N-methyl/N-ethyl adjacent to an activating group) is 1. The number of nitrogens with zero attached hydrogens (tertiary/aromatic N) is 1. The number of piperidine rings is 1. The van der Waals surface area contributed by atoms with Gasteiger partial charge in [-0.2, -0.15) is 0 Å². The summed E-state index contributed by atoms with van der Waals surface area (Å²) in [5, 5.41) is 3.30. The molecule has 1 fully saturated rings. The van der Waals surface area contributed by atoms with E-state index in [1.165, 1.54) is 6.07 Å². The lowest BCUT2D eigenvalue weighted by molar-refractivity contribution is 0.128. The first-order valence-electron chi connectivity index (χ1n) is 7.22. The number of nitrogens with one attached hydrogen (secondary N) is 1. The molecule has 0 aromatic heterocycles. The molecule has 0 radical (unpaired) electrons. The van der Waals surface area contributed by atoms with Crippen LogP contribution in [0.25, 0.3) is 0 Å². The molecule has 106 valence electrons. The highest BCUT2D eigenvalue weighted by atomic mass is 19.1. The van der Waals surface area contributed by atoms with Gasteiger partial charge in [0.05, 0.1) is 0 Å². The lowest BCUT2D eigenvalue weighted by Gasteiger charge is -2.43. The van der Waals surface area contributed by atoms with Gasteiger partial charge in [-0.15, -0.1) is 0 Å². The van der Waals surface area contributed by atoms with Crippen molar-refractivity contribution >= 4 is 0 Å². The van der Waals surface area contributed by atoms with Gasteiger partial charge in [0, 0.05) is 18.0 Å². The van der Waals surface area contributed by atoms with Crippen LogP contribution in [0.4, 0.5) is 4.39 Å². The molecule has 0 aliphatic carbocycles. The fourth-order valence-electron chi connectivity index (χ4n) is 3.19. The topological polar surface area (TPSA) is 15.3 Å². The number of hydrogen-bond donors (Lipinski definition) is 1. The fourth-order valence-corrected chi connectivity index (χ4v) is 3.19. The van der Waals surface area contributed by atoms with E-state index in [9.17, 15) is 4.39 Å². The van der Waals surface area contributed by atoms with Crippen LogP contribution in [0.3, 0.4) is 0 Å². The summed E-state index contributed by atoms with van der Waals surface area (Å²) in [7, 11) is 1.98. The smallest absolute Gasteiger partial charge is 0.123 e. The van der Waals surface area contributed by atoms with Gasteiger partial charge < -0.3 is 10.2 Å². The Bertz CT molecular complexity index is 409. The van der Waals surface area contributed by atoms with Crippen molar-refractivity contribution in [2.75, 3.05) is 26.7 Å². The predicted octanol–water partition coefficient (Wildman–Crippen LogP) is 2.79. The average Bonchev–Trinajstić information content (AvgIpc) is 2.39. The Balaban J connectivity index is 2.20. The standard InChI is InChI=1S/C16H25FN2/c1-13(2)19-9-7-16(8-10-19,12-18-3)14-5-4-6-15(17)11-14/h4-6,11,13,18H,7-10,12H2,1-3H3. The van der Waals surface area contributed by atoms with Crippen molar-refractivity contribution in [1.82, 2.24) is 10.2 Å². The number of rotatable bonds is 4. The van der Waals surface area contributed by atoms with Crippen molar-refractivity contribution in [2.45, 2.75) is 38.1 Å². The second kappa shape index (κ2) is 6.02. The summed E-state index contributed by atoms with van der Waals surface area (Å²) in [4.78, 5) is 2.51. The van der Waals surface area contributed by atoms with Crippen molar-refractivity contribution in [3.8, 4) is 0 Å². The quantitative estimate of drug-likeness (QED) is 0.899. The van der Waals surface area contributed by atoms with E-state index < -0.39 is 0 Å². The average molecular weight is 264 g/mol. The minimum atomic E-state index is -0.126. The van der Waals surface area contributed by atoms with Crippen molar-refractivity contribution in [3.63, 3.8) is 0 Å². The van der Waals surface area contributed by atoms with Crippen LogP contribution in [-0.2, 0) is 5.41 Å². The fraction of sp³-hybridized carbons (Fsp3) is 0.625. The Kier molecular flexibility index (Phi) is 4.58. The summed E-state index contributed by atoms with van der Waals surface area (Å²) in [5.74, 6) is -0.126. The van der Waals surface area contributed by atoms with Crippen LogP contribution in [0.15, 0.2) is 24.3 Å². The third-order valence-electron chi connectivity index (χ3n) is 4.44. The highest BCUT2D eigenvalue weighted by Gasteiger charge is 2.36. The van der Waals surface area contributed by atoms with Crippen molar-refractivity contribution in [1.29, 1.82) is 0 Å². The molecule has 1 aromatic rings. The molecule has 1 saturated heterocycles. The molecule has 2 rings (SSSR count). The first-order chi connectivity index (χ1) is 9.07. The lowest BCUT2D eigenvalue weighted by Crippen LogP contribution is -2.49. The number of likely N-dealkylation sites (tertiary alicyclic amines) is 1. The summed E-state index contributed by atoms with van der Waals surface area (Å²) in [6.45, 7) is 7.59. The van der Waals surface area contributed by atoms with E-state index in [1.807, 2.05) is 13.1 Å². The third-order valence-corrected chi connectivity index (χ3v) is 4.44. The molecule has 0 amide bonds. The maximum atomic E-state index is 13.5. The minimum Gasteiger partial charge on any atom is -0.319 e. The van der Waals surface area contributed by atoms with E-state index in [2.05, 4.69) is 30.1 Å². The number of halogens is 1. The molecular formula is C16H25FN2. The Morgan fingerprint density at radius 2 is 2.00 bits per heavy atom. The zero-order chi connectivity index (χ0) is 13.9. The molecular weight excluding hydrogens is 239 g/mol. The van der Waals surface area contributed by atoms with Crippen molar-refractivity contribution < 1.29 is 4.39 Å². The van der Waals surface area contributed by atoms with Crippen LogP contribution in [-0.4, -0.2) is 37.6 Å². The van der Waals surface area contributed by atoms with Crippen LogP contribution in [0.2, 0.25) is 0 Å². The molecule has 1 N–H and O–H groups in total. The van der Waals surface area contributed by atoms with Crippen LogP contribution < -0.4 is 5.32 Å². The van der Waals surface area contributed by atoms with E-state index in [1.54, 1.807) is 6.07 Å². The predicted molar refractivity (Wildman–Crippen MR) is 77.9 cm³/mol. The summed E-state index contributed by atoms with van der Waals surface area (Å²) in [5.41, 5.74) is 1.23. The first-order valence-corrected chi connectivity index (χ1v) is 7.22. The Morgan fingerprint density at radius 3 is 2.53 bits per heavy atom. The Labute approximate surface area is 116 Å². The summed E-state index contributed by atoms with van der Waals surface area (Å²) < 4.78 is 13.5. The summed E-state index contributed by atoms with van der Waals surface area (Å²) >= 11 is 0. The monoisotopic (exact) mass is 264 g/mol. The molecule has 0 atom stereocenters. The van der Waals surface area contributed by atoms with Gasteiger partial charge in [0.25, 0.3) is 0 Å². The van der Waals surface area contributed by atoms with Gasteiger partial charge in [-0.1, -0.05) is 12.1 Å². The molecule has 0 bridgehead atoms. The Hall–Kier alpha value is -0.930. The van der Waals surface area contributed by atoms with Crippen LogP contribution in [0, 0.1) is 5.82 Å². The number of hydrogen-bond acceptors (Lipinski definition) is 2. The van der Waals surface area contributed by atoms with E-state index in [4.69, 9.17) is 0 Å². The second-order valence-electron chi connectivity index (χ2n) is 5.95. The molecule has 1 heterocycles. The maximum Gasteiger partial charge on any atom is 0.123 e. The second-order valence-corrected chi connectivity index (χ2v) is 5.95. The molecule has 1 aromatic carbocycles. The summed E-state index contributed by atoms with van der Waals surface area (Å²) in [6.07, 6.45) is 2.19. The van der Waals surface area contributed by atoms with Gasteiger partial charge in [-0.25, -0.2) is 4.39 Å². The number of benzene rings is 1. The van der Waals surface area contributed by atoms with Gasteiger partial charge in [-0.3, -0.25) is 0 Å². The third kappa shape index (κ3) is 3.15. The van der Waals surface area contributed by atoms with Gasteiger partial charge in [0.1, 0.15) is 5.82 Å². The molecule has 1 aliphatic heterocycles. The van der Waals surface area contributed by atoms with E-state index in [0.717, 1.165) is 38.0 Å². The lowest BCUT2D eigenvalue weighted by atomic mass is 9.72. The van der Waals surface area contributed by atoms with Crippen molar-refractivity contribution in [2.24, 2.45) is 0 Å². The van der Waals surface area contributed by atoms with Crippen LogP contribution >= 0.6 is 0 Å². The zero-order valence-electron chi connectivity index (χ0n) is 12.2. The van der Waals surface area contributed by atoms with E-state index in [-0.39, 0.29) is 11.2 Å². The van der Waals surface area contributed by atoms with Gasteiger partial charge in [0.15, 0.2) is 0 Å². The molecule has 19 heavy (non-hydrogen) atoms. The van der Waals surface area contributed by atoms with Gasteiger partial charge in [-0.05, 0) is 64.5 Å². The summed E-state index contributed by atoms with van der Waals surface area (Å²) in [6, 6.07) is 7.74. The van der Waals surface area contributed by atoms with Crippen molar-refractivity contribution in [3.05, 3.63) is 35.6 Å². The van der Waals surface area contributed by atoms with E-state index in [0.29, 0.717) is 6.04 Å². The van der Waals surface area contributed by atoms with Crippen LogP contribution in [0.5, 0.6) is 0 Å². The zero-order valence-corrected chi connectivity index (χ0v) is 12.2. The van der Waals surface area contributed by atoms with Gasteiger partial charge >= 0.3 is 0 Å². The molecule has 3 heteroatoms. The van der Waals surface area contributed by atoms with E-state index >= 15 is 0 Å².